The highest BCUT2D eigenvalue weighted by atomic mass is 79.9. The second kappa shape index (κ2) is 6.74. The molecule has 3 amide bonds. The van der Waals surface area contributed by atoms with Crippen LogP contribution in [0, 0.1) is 0 Å². The third-order valence-electron chi connectivity index (χ3n) is 4.84. The minimum absolute atomic E-state index is 0.000900. The molecule has 0 spiro atoms. The molecule has 0 unspecified atom stereocenters. The van der Waals surface area contributed by atoms with Crippen molar-refractivity contribution in [2.45, 2.75) is 31.8 Å². The quantitative estimate of drug-likeness (QED) is 0.809. The van der Waals surface area contributed by atoms with Crippen LogP contribution in [0.25, 0.3) is 0 Å². The lowest BCUT2D eigenvalue weighted by Crippen LogP contribution is -2.51. The maximum Gasteiger partial charge on any atom is 0.322 e. The number of urea groups is 1. The Bertz CT molecular complexity index is 737. The smallest absolute Gasteiger partial charge is 0.322 e. The van der Waals surface area contributed by atoms with Gasteiger partial charge in [-0.2, -0.15) is 0 Å². The lowest BCUT2D eigenvalue weighted by Gasteiger charge is -2.38. The molecule has 2 aliphatic heterocycles. The zero-order chi connectivity index (χ0) is 17.6. The van der Waals surface area contributed by atoms with Crippen LogP contribution in [0.1, 0.15) is 30.7 Å². The Morgan fingerprint density at radius 3 is 2.68 bits per heavy atom. The first-order valence-electron chi connectivity index (χ1n) is 8.47. The molecule has 0 bridgehead atoms. The van der Waals surface area contributed by atoms with Crippen LogP contribution in [-0.2, 0) is 9.53 Å². The van der Waals surface area contributed by atoms with Gasteiger partial charge < -0.3 is 15.0 Å². The Morgan fingerprint density at radius 1 is 1.36 bits per heavy atom. The number of hydrogen-bond acceptors (Lipinski definition) is 4. The van der Waals surface area contributed by atoms with Gasteiger partial charge in [0.05, 0.1) is 24.8 Å². The van der Waals surface area contributed by atoms with Gasteiger partial charge in [0.15, 0.2) is 0 Å². The highest BCUT2D eigenvalue weighted by Gasteiger charge is 2.43. The fraction of sp³-hybridized carbons (Fsp3) is 0.529. The van der Waals surface area contributed by atoms with Gasteiger partial charge in [0.1, 0.15) is 0 Å². The summed E-state index contributed by atoms with van der Waals surface area (Å²) in [7, 11) is 0. The maximum absolute atomic E-state index is 13.3. The van der Waals surface area contributed by atoms with E-state index in [-0.39, 0.29) is 18.0 Å². The number of amides is 3. The normalized spacial score (nSPS) is 24.6. The monoisotopic (exact) mass is 425 g/mol. The van der Waals surface area contributed by atoms with Crippen molar-refractivity contribution in [3.8, 4) is 0 Å². The molecule has 1 N–H and O–H groups in total. The summed E-state index contributed by atoms with van der Waals surface area (Å²) in [5.41, 5.74) is 1.47. The summed E-state index contributed by atoms with van der Waals surface area (Å²) in [5, 5.41) is 5.03. The largest absolute Gasteiger partial charge is 0.378 e. The molecule has 25 heavy (non-hydrogen) atoms. The number of thiophene rings is 1. The second-order valence-electron chi connectivity index (χ2n) is 6.55. The van der Waals surface area contributed by atoms with E-state index in [2.05, 4.69) is 21.2 Å². The average Bonchev–Trinajstić information content (AvgIpc) is 3.34. The number of carbonyl (C=O) groups excluding carboxylic acids is 2. The van der Waals surface area contributed by atoms with Gasteiger partial charge in [0, 0.05) is 39.6 Å². The molecule has 2 fully saturated rings. The SMILES string of the molecule is CC1=C(C(=O)N2CCOCC2)[C@H](c2cc(Br)cs2)NC(=O)N1C1CC1. The topological polar surface area (TPSA) is 61.9 Å². The Balaban J connectivity index is 1.74. The van der Waals surface area contributed by atoms with Crippen molar-refractivity contribution < 1.29 is 14.3 Å². The molecule has 1 aromatic heterocycles. The molecule has 134 valence electrons. The number of morpholine rings is 1. The van der Waals surface area contributed by atoms with E-state index < -0.39 is 6.04 Å². The van der Waals surface area contributed by atoms with Crippen LogP contribution in [0.3, 0.4) is 0 Å². The zero-order valence-electron chi connectivity index (χ0n) is 14.0. The summed E-state index contributed by atoms with van der Waals surface area (Å²) in [4.78, 5) is 30.5. The molecule has 6 nitrogen and oxygen atoms in total. The van der Waals surface area contributed by atoms with Gasteiger partial charge in [0.25, 0.3) is 5.91 Å². The van der Waals surface area contributed by atoms with E-state index >= 15 is 0 Å². The van der Waals surface area contributed by atoms with Gasteiger partial charge in [-0.3, -0.25) is 9.69 Å². The van der Waals surface area contributed by atoms with E-state index in [1.54, 1.807) is 16.2 Å². The van der Waals surface area contributed by atoms with E-state index in [0.717, 1.165) is 27.9 Å². The standard InChI is InChI=1S/C17H20BrN3O3S/c1-10-14(16(22)20-4-6-24-7-5-20)15(13-8-11(18)9-25-13)19-17(23)21(10)12-2-3-12/h8-9,12,15H,2-7H2,1H3,(H,19,23)/t15-/m0/s1. The van der Waals surface area contributed by atoms with Crippen molar-refractivity contribution in [3.05, 3.63) is 32.1 Å². The van der Waals surface area contributed by atoms with Crippen LogP contribution in [0.4, 0.5) is 4.79 Å². The number of allylic oxidation sites excluding steroid dienone is 1. The van der Waals surface area contributed by atoms with Crippen LogP contribution in [-0.4, -0.2) is 54.1 Å². The van der Waals surface area contributed by atoms with E-state index in [4.69, 9.17) is 4.74 Å². The number of hydrogen-bond donors (Lipinski definition) is 1. The Kier molecular flexibility index (Phi) is 4.59. The Hall–Kier alpha value is -1.38. The fourth-order valence-corrected chi connectivity index (χ4v) is 4.94. The third-order valence-corrected chi connectivity index (χ3v) is 6.60. The zero-order valence-corrected chi connectivity index (χ0v) is 16.4. The minimum Gasteiger partial charge on any atom is -0.378 e. The fourth-order valence-electron chi connectivity index (χ4n) is 3.44. The lowest BCUT2D eigenvalue weighted by molar-refractivity contribution is -0.131. The molecule has 1 atom stereocenters. The highest BCUT2D eigenvalue weighted by molar-refractivity contribution is 9.10. The Labute approximate surface area is 158 Å². The first-order chi connectivity index (χ1) is 12.1. The van der Waals surface area contributed by atoms with Crippen LogP contribution in [0.15, 0.2) is 27.2 Å². The Morgan fingerprint density at radius 2 is 2.08 bits per heavy atom. The van der Waals surface area contributed by atoms with E-state index in [1.165, 1.54) is 0 Å². The molecule has 4 rings (SSSR count). The third kappa shape index (κ3) is 3.22. The van der Waals surface area contributed by atoms with Crippen LogP contribution in [0.2, 0.25) is 0 Å². The highest BCUT2D eigenvalue weighted by Crippen LogP contribution is 2.40. The van der Waals surface area contributed by atoms with Gasteiger partial charge in [-0.15, -0.1) is 11.3 Å². The molecule has 1 saturated heterocycles. The average molecular weight is 426 g/mol. The van der Waals surface area contributed by atoms with Crippen LogP contribution in [0.5, 0.6) is 0 Å². The summed E-state index contributed by atoms with van der Waals surface area (Å²) in [6, 6.07) is 1.70. The van der Waals surface area contributed by atoms with Gasteiger partial charge in [0.2, 0.25) is 0 Å². The van der Waals surface area contributed by atoms with Crippen molar-refractivity contribution in [1.29, 1.82) is 0 Å². The van der Waals surface area contributed by atoms with Crippen molar-refractivity contribution in [3.63, 3.8) is 0 Å². The summed E-state index contributed by atoms with van der Waals surface area (Å²) in [6.45, 7) is 4.21. The predicted octanol–water partition coefficient (Wildman–Crippen LogP) is 2.87. The molecule has 0 radical (unpaired) electrons. The van der Waals surface area contributed by atoms with Crippen molar-refractivity contribution in [2.75, 3.05) is 26.3 Å². The molecule has 1 aromatic rings. The summed E-state index contributed by atoms with van der Waals surface area (Å²) in [5.74, 6) is 0.000900. The minimum atomic E-state index is -0.394. The number of ether oxygens (including phenoxy) is 1. The summed E-state index contributed by atoms with van der Waals surface area (Å²) in [6.07, 6.45) is 2.00. The van der Waals surface area contributed by atoms with E-state index in [0.29, 0.717) is 31.9 Å². The molecule has 1 aliphatic carbocycles. The van der Waals surface area contributed by atoms with Crippen LogP contribution < -0.4 is 5.32 Å². The van der Waals surface area contributed by atoms with Crippen molar-refractivity contribution in [2.24, 2.45) is 0 Å². The molecule has 0 aromatic carbocycles. The van der Waals surface area contributed by atoms with Gasteiger partial charge in [-0.1, -0.05) is 0 Å². The first-order valence-corrected chi connectivity index (χ1v) is 10.1. The van der Waals surface area contributed by atoms with Gasteiger partial charge in [-0.05, 0) is 41.8 Å². The molecular weight excluding hydrogens is 406 g/mol. The van der Waals surface area contributed by atoms with Crippen molar-refractivity contribution >= 4 is 39.2 Å². The summed E-state index contributed by atoms with van der Waals surface area (Å²) >= 11 is 5.01. The molecular formula is C17H20BrN3O3S. The first kappa shape index (κ1) is 17.1. The number of carbonyl (C=O) groups is 2. The van der Waals surface area contributed by atoms with Gasteiger partial charge in [-0.25, -0.2) is 4.79 Å². The van der Waals surface area contributed by atoms with E-state index in [1.807, 2.05) is 23.3 Å². The maximum atomic E-state index is 13.3. The predicted molar refractivity (Wildman–Crippen MR) is 98.3 cm³/mol. The number of rotatable bonds is 3. The number of nitrogens with one attached hydrogen (secondary N) is 1. The molecule has 3 aliphatic rings. The van der Waals surface area contributed by atoms with E-state index in [9.17, 15) is 9.59 Å². The molecule has 8 heteroatoms. The number of halogens is 1. The summed E-state index contributed by atoms with van der Waals surface area (Å²) < 4.78 is 6.33. The lowest BCUT2D eigenvalue weighted by atomic mass is 9.98. The molecule has 1 saturated carbocycles. The van der Waals surface area contributed by atoms with Gasteiger partial charge >= 0.3 is 6.03 Å². The van der Waals surface area contributed by atoms with Crippen LogP contribution >= 0.6 is 27.3 Å². The van der Waals surface area contributed by atoms with Crippen molar-refractivity contribution in [1.82, 2.24) is 15.1 Å². The second-order valence-corrected chi connectivity index (χ2v) is 8.41. The number of nitrogens with zero attached hydrogens (tertiary/aromatic N) is 2. The molecule has 3 heterocycles.